The lowest BCUT2D eigenvalue weighted by atomic mass is 10.1. The number of thiocarbonyl (C=S) groups is 1. The summed E-state index contributed by atoms with van der Waals surface area (Å²) in [4.78, 5) is 35.5. The molecular weight excluding hydrogens is 378 g/mol. The fourth-order valence-electron chi connectivity index (χ4n) is 2.17. The molecule has 0 spiro atoms. The van der Waals surface area contributed by atoms with Crippen LogP contribution in [0.25, 0.3) is 0 Å². The third kappa shape index (κ3) is 5.88. The highest BCUT2D eigenvalue weighted by molar-refractivity contribution is 7.80. The molecule has 0 aromatic heterocycles. The Morgan fingerprint density at radius 3 is 2.07 bits per heavy atom. The molecule has 0 saturated carbocycles. The van der Waals surface area contributed by atoms with Gasteiger partial charge in [0.25, 0.3) is 5.91 Å². The van der Waals surface area contributed by atoms with E-state index in [-0.39, 0.29) is 16.9 Å². The second-order valence-corrected chi connectivity index (χ2v) is 6.61. The second kappa shape index (κ2) is 9.61. The minimum absolute atomic E-state index is 0.0940. The number of hydrogen-bond acceptors (Lipinski definition) is 5. The van der Waals surface area contributed by atoms with Gasteiger partial charge in [0.1, 0.15) is 0 Å². The van der Waals surface area contributed by atoms with Crippen LogP contribution in [0.15, 0.2) is 48.5 Å². The largest absolute Gasteiger partial charge is 0.465 e. The predicted octanol–water partition coefficient (Wildman–Crippen LogP) is 3.19. The molecule has 2 rings (SSSR count). The van der Waals surface area contributed by atoms with Crippen LogP contribution in [0.5, 0.6) is 0 Å². The topological polar surface area (TPSA) is 96.5 Å². The van der Waals surface area contributed by atoms with E-state index in [1.807, 2.05) is 0 Å². The van der Waals surface area contributed by atoms with Crippen molar-refractivity contribution in [3.05, 3.63) is 59.7 Å². The van der Waals surface area contributed by atoms with Gasteiger partial charge in [0.05, 0.1) is 12.7 Å². The first-order valence-corrected chi connectivity index (χ1v) is 8.92. The van der Waals surface area contributed by atoms with E-state index in [1.165, 1.54) is 31.4 Å². The first kappa shape index (κ1) is 21.0. The lowest BCUT2D eigenvalue weighted by Gasteiger charge is -2.12. The molecular formula is C20H21N3O4S. The van der Waals surface area contributed by atoms with E-state index in [9.17, 15) is 14.4 Å². The minimum Gasteiger partial charge on any atom is -0.465 e. The molecule has 2 amide bonds. The molecule has 0 aliphatic rings. The second-order valence-electron chi connectivity index (χ2n) is 6.20. The van der Waals surface area contributed by atoms with Crippen molar-refractivity contribution < 1.29 is 19.1 Å². The average Bonchev–Trinajstić information content (AvgIpc) is 2.67. The van der Waals surface area contributed by atoms with Crippen molar-refractivity contribution in [3.63, 3.8) is 0 Å². The maximum absolute atomic E-state index is 12.3. The maximum atomic E-state index is 12.3. The number of carbonyl (C=O) groups excluding carboxylic acids is 3. The number of esters is 1. The van der Waals surface area contributed by atoms with Gasteiger partial charge in [-0.1, -0.05) is 19.9 Å². The zero-order valence-corrected chi connectivity index (χ0v) is 16.6. The molecule has 0 atom stereocenters. The molecule has 2 aromatic carbocycles. The van der Waals surface area contributed by atoms with Gasteiger partial charge in [-0.05, 0) is 54.7 Å². The summed E-state index contributed by atoms with van der Waals surface area (Å²) in [6, 6.07) is 13.0. The first-order valence-electron chi connectivity index (χ1n) is 8.51. The Morgan fingerprint density at radius 2 is 1.50 bits per heavy atom. The van der Waals surface area contributed by atoms with Gasteiger partial charge < -0.3 is 15.4 Å². The molecule has 0 unspecified atom stereocenters. The number of anilines is 2. The molecule has 3 N–H and O–H groups in total. The third-order valence-corrected chi connectivity index (χ3v) is 3.91. The Labute approximate surface area is 168 Å². The molecule has 0 radical (unpaired) electrons. The van der Waals surface area contributed by atoms with Crippen molar-refractivity contribution in [2.24, 2.45) is 5.92 Å². The smallest absolute Gasteiger partial charge is 0.337 e. The standard InChI is InChI=1S/C20H21N3O4S/c1-12(2)17(24)21-15-5-4-6-16(11-15)22-20(28)23-18(25)13-7-9-14(10-8-13)19(26)27-3/h4-12H,1-3H3,(H,21,24)(H2,22,23,25,28). The quantitative estimate of drug-likeness (QED) is 0.528. The Kier molecular flexibility index (Phi) is 7.22. The van der Waals surface area contributed by atoms with Crippen molar-refractivity contribution in [3.8, 4) is 0 Å². The van der Waals surface area contributed by atoms with E-state index in [2.05, 4.69) is 20.7 Å². The molecule has 2 aromatic rings. The van der Waals surface area contributed by atoms with Crippen LogP contribution in [0.2, 0.25) is 0 Å². The fraction of sp³-hybridized carbons (Fsp3) is 0.200. The molecule has 0 bridgehead atoms. The summed E-state index contributed by atoms with van der Waals surface area (Å²) in [5.41, 5.74) is 1.93. The maximum Gasteiger partial charge on any atom is 0.337 e. The number of rotatable bonds is 5. The zero-order chi connectivity index (χ0) is 20.7. The summed E-state index contributed by atoms with van der Waals surface area (Å²) in [7, 11) is 1.29. The van der Waals surface area contributed by atoms with Crippen molar-refractivity contribution >= 4 is 46.5 Å². The highest BCUT2D eigenvalue weighted by atomic mass is 32.1. The van der Waals surface area contributed by atoms with Crippen molar-refractivity contribution in [1.82, 2.24) is 5.32 Å². The van der Waals surface area contributed by atoms with Crippen molar-refractivity contribution in [2.45, 2.75) is 13.8 Å². The Hall–Kier alpha value is -3.26. The monoisotopic (exact) mass is 399 g/mol. The Balaban J connectivity index is 1.97. The van der Waals surface area contributed by atoms with Crippen molar-refractivity contribution in [2.75, 3.05) is 17.7 Å². The molecule has 7 nitrogen and oxygen atoms in total. The number of carbonyl (C=O) groups is 3. The van der Waals surface area contributed by atoms with Crippen LogP contribution >= 0.6 is 12.2 Å². The van der Waals surface area contributed by atoms with E-state index in [1.54, 1.807) is 38.1 Å². The summed E-state index contributed by atoms with van der Waals surface area (Å²) in [6.07, 6.45) is 0. The molecule has 0 aliphatic carbocycles. The van der Waals surface area contributed by atoms with Gasteiger partial charge in [0.15, 0.2) is 5.11 Å². The number of nitrogens with one attached hydrogen (secondary N) is 3. The van der Waals surface area contributed by atoms with Crippen LogP contribution in [0.3, 0.4) is 0 Å². The zero-order valence-electron chi connectivity index (χ0n) is 15.7. The van der Waals surface area contributed by atoms with Gasteiger partial charge in [0, 0.05) is 22.9 Å². The number of benzene rings is 2. The molecule has 8 heteroatoms. The highest BCUT2D eigenvalue weighted by Gasteiger charge is 2.11. The van der Waals surface area contributed by atoms with Crippen molar-refractivity contribution in [1.29, 1.82) is 0 Å². The van der Waals surface area contributed by atoms with E-state index in [4.69, 9.17) is 12.2 Å². The lowest BCUT2D eigenvalue weighted by Crippen LogP contribution is -2.34. The van der Waals surface area contributed by atoms with Crippen LogP contribution in [0, 0.1) is 5.92 Å². The SMILES string of the molecule is COC(=O)c1ccc(C(=O)NC(=S)Nc2cccc(NC(=O)C(C)C)c2)cc1. The predicted molar refractivity (Wildman–Crippen MR) is 111 cm³/mol. The number of methoxy groups -OCH3 is 1. The van der Waals surface area contributed by atoms with Gasteiger partial charge in [-0.3, -0.25) is 14.9 Å². The van der Waals surface area contributed by atoms with Crippen LogP contribution in [0.1, 0.15) is 34.6 Å². The average molecular weight is 399 g/mol. The van der Waals surface area contributed by atoms with Gasteiger partial charge in [-0.2, -0.15) is 0 Å². The Morgan fingerprint density at radius 1 is 0.929 bits per heavy atom. The molecule has 0 aliphatic heterocycles. The van der Waals surface area contributed by atoms with E-state index < -0.39 is 11.9 Å². The van der Waals surface area contributed by atoms with E-state index >= 15 is 0 Å². The van der Waals surface area contributed by atoms with E-state index in [0.29, 0.717) is 22.5 Å². The number of hydrogen-bond donors (Lipinski definition) is 3. The summed E-state index contributed by atoms with van der Waals surface area (Å²) < 4.78 is 4.62. The molecule has 28 heavy (non-hydrogen) atoms. The van der Waals surface area contributed by atoms with Crippen LogP contribution in [0.4, 0.5) is 11.4 Å². The number of amides is 2. The third-order valence-electron chi connectivity index (χ3n) is 3.71. The van der Waals surface area contributed by atoms with Gasteiger partial charge in [0.2, 0.25) is 5.91 Å². The van der Waals surface area contributed by atoms with Crippen LogP contribution in [-0.2, 0) is 9.53 Å². The first-order chi connectivity index (χ1) is 13.3. The summed E-state index contributed by atoms with van der Waals surface area (Å²) in [5.74, 6) is -1.13. The van der Waals surface area contributed by atoms with E-state index in [0.717, 1.165) is 0 Å². The molecule has 146 valence electrons. The lowest BCUT2D eigenvalue weighted by molar-refractivity contribution is -0.118. The van der Waals surface area contributed by atoms with Crippen LogP contribution in [-0.4, -0.2) is 30.0 Å². The number of ether oxygens (including phenoxy) is 1. The van der Waals surface area contributed by atoms with Gasteiger partial charge in [-0.25, -0.2) is 4.79 Å². The summed E-state index contributed by atoms with van der Waals surface area (Å²) in [5, 5.41) is 8.36. The minimum atomic E-state index is -0.478. The van der Waals surface area contributed by atoms with Crippen LogP contribution < -0.4 is 16.0 Å². The molecule has 0 fully saturated rings. The summed E-state index contributed by atoms with van der Waals surface area (Å²) >= 11 is 5.17. The fourth-order valence-corrected chi connectivity index (χ4v) is 2.39. The highest BCUT2D eigenvalue weighted by Crippen LogP contribution is 2.16. The van der Waals surface area contributed by atoms with Gasteiger partial charge >= 0.3 is 5.97 Å². The normalized spacial score (nSPS) is 10.1. The Bertz CT molecular complexity index is 895. The molecule has 0 saturated heterocycles. The molecule has 0 heterocycles. The van der Waals surface area contributed by atoms with Gasteiger partial charge in [-0.15, -0.1) is 0 Å². The summed E-state index contributed by atoms with van der Waals surface area (Å²) in [6.45, 7) is 3.61.